The van der Waals surface area contributed by atoms with Crippen molar-refractivity contribution in [2.45, 2.75) is 13.0 Å². The summed E-state index contributed by atoms with van der Waals surface area (Å²) in [6.07, 6.45) is 7.03. The molecule has 0 radical (unpaired) electrons. The minimum absolute atomic E-state index is 0.624. The van der Waals surface area contributed by atoms with Gasteiger partial charge >= 0.3 is 0 Å². The van der Waals surface area contributed by atoms with Crippen LogP contribution in [0.4, 0.5) is 0 Å². The van der Waals surface area contributed by atoms with E-state index in [4.69, 9.17) is 9.72 Å². The van der Waals surface area contributed by atoms with Gasteiger partial charge < -0.3 is 18.8 Å². The van der Waals surface area contributed by atoms with Crippen LogP contribution in [0, 0.1) is 5.92 Å². The van der Waals surface area contributed by atoms with Crippen LogP contribution in [0.15, 0.2) is 49.1 Å². The standard InChI is InChI=1S/C21H27N5O/c1-24-11-9-22-21(24)20-19(18-6-4-3-5-7-18)23-16-26(20)15-17-8-10-25(14-17)12-13-27-2/h3-7,9,11,16-17H,8,10,12-15H2,1-2H3. The SMILES string of the molecule is COCCN1CCC(Cn2cnc(-c3ccccc3)c2-c2nccn2C)C1. The minimum atomic E-state index is 0.624. The van der Waals surface area contributed by atoms with Gasteiger partial charge in [0, 0.05) is 51.7 Å². The maximum absolute atomic E-state index is 5.22. The number of methoxy groups -OCH3 is 1. The summed E-state index contributed by atoms with van der Waals surface area (Å²) in [7, 11) is 3.81. The second-order valence-corrected chi connectivity index (χ2v) is 7.27. The quantitative estimate of drug-likeness (QED) is 0.646. The molecule has 4 rings (SSSR count). The molecular formula is C21H27N5O. The lowest BCUT2D eigenvalue weighted by Gasteiger charge is -2.17. The van der Waals surface area contributed by atoms with Crippen LogP contribution in [0.3, 0.4) is 0 Å². The van der Waals surface area contributed by atoms with E-state index in [1.807, 2.05) is 31.8 Å². The largest absolute Gasteiger partial charge is 0.383 e. The predicted molar refractivity (Wildman–Crippen MR) is 106 cm³/mol. The molecule has 0 amide bonds. The van der Waals surface area contributed by atoms with E-state index in [2.05, 4.69) is 43.3 Å². The fourth-order valence-electron chi connectivity index (χ4n) is 3.92. The second-order valence-electron chi connectivity index (χ2n) is 7.27. The van der Waals surface area contributed by atoms with Gasteiger partial charge in [-0.05, 0) is 18.9 Å². The number of aryl methyl sites for hydroxylation is 1. The number of hydrogen-bond acceptors (Lipinski definition) is 4. The second kappa shape index (κ2) is 8.06. The molecule has 2 aromatic heterocycles. The van der Waals surface area contributed by atoms with Crippen molar-refractivity contribution in [2.24, 2.45) is 13.0 Å². The van der Waals surface area contributed by atoms with Gasteiger partial charge in [-0.1, -0.05) is 30.3 Å². The number of ether oxygens (including phenoxy) is 1. The van der Waals surface area contributed by atoms with E-state index in [1.54, 1.807) is 7.11 Å². The molecule has 1 aliphatic heterocycles. The molecule has 6 heteroatoms. The van der Waals surface area contributed by atoms with Gasteiger partial charge in [0.25, 0.3) is 0 Å². The third-order valence-electron chi connectivity index (χ3n) is 5.35. The van der Waals surface area contributed by atoms with Crippen LogP contribution in [0.5, 0.6) is 0 Å². The van der Waals surface area contributed by atoms with Crippen molar-refractivity contribution in [1.29, 1.82) is 0 Å². The van der Waals surface area contributed by atoms with Crippen LogP contribution in [-0.2, 0) is 18.3 Å². The number of imidazole rings is 2. The van der Waals surface area contributed by atoms with E-state index in [9.17, 15) is 0 Å². The molecular weight excluding hydrogens is 338 g/mol. The molecule has 27 heavy (non-hydrogen) atoms. The van der Waals surface area contributed by atoms with Crippen molar-refractivity contribution in [3.63, 3.8) is 0 Å². The normalized spacial score (nSPS) is 17.6. The topological polar surface area (TPSA) is 48.1 Å². The Bertz CT molecular complexity index is 870. The monoisotopic (exact) mass is 365 g/mol. The van der Waals surface area contributed by atoms with Crippen molar-refractivity contribution in [3.05, 3.63) is 49.1 Å². The molecule has 0 saturated carbocycles. The summed E-state index contributed by atoms with van der Waals surface area (Å²) in [5.74, 6) is 1.58. The molecule has 0 bridgehead atoms. The lowest BCUT2D eigenvalue weighted by atomic mass is 10.1. The van der Waals surface area contributed by atoms with Gasteiger partial charge in [-0.25, -0.2) is 9.97 Å². The smallest absolute Gasteiger partial charge is 0.158 e. The average Bonchev–Trinajstić information content (AvgIpc) is 3.41. The van der Waals surface area contributed by atoms with E-state index in [0.717, 1.165) is 55.6 Å². The van der Waals surface area contributed by atoms with E-state index < -0.39 is 0 Å². The Balaban J connectivity index is 1.62. The summed E-state index contributed by atoms with van der Waals surface area (Å²) in [4.78, 5) is 11.9. The summed E-state index contributed by atoms with van der Waals surface area (Å²) in [5, 5.41) is 0. The zero-order valence-electron chi connectivity index (χ0n) is 16.1. The van der Waals surface area contributed by atoms with E-state index >= 15 is 0 Å². The molecule has 142 valence electrons. The number of likely N-dealkylation sites (tertiary alicyclic amines) is 1. The molecule has 1 atom stereocenters. The number of benzene rings is 1. The van der Waals surface area contributed by atoms with Gasteiger partial charge in [-0.15, -0.1) is 0 Å². The third-order valence-corrected chi connectivity index (χ3v) is 5.35. The highest BCUT2D eigenvalue weighted by Gasteiger charge is 2.25. The van der Waals surface area contributed by atoms with Crippen LogP contribution in [0.2, 0.25) is 0 Å². The first-order valence-electron chi connectivity index (χ1n) is 9.56. The molecule has 0 aliphatic carbocycles. The van der Waals surface area contributed by atoms with Crippen LogP contribution in [0.1, 0.15) is 6.42 Å². The fourth-order valence-corrected chi connectivity index (χ4v) is 3.92. The van der Waals surface area contributed by atoms with Crippen LogP contribution in [0.25, 0.3) is 22.8 Å². The molecule has 0 spiro atoms. The van der Waals surface area contributed by atoms with Crippen molar-refractivity contribution >= 4 is 0 Å². The lowest BCUT2D eigenvalue weighted by molar-refractivity contribution is 0.158. The van der Waals surface area contributed by atoms with Crippen molar-refractivity contribution in [3.8, 4) is 22.8 Å². The Morgan fingerprint density at radius 3 is 2.78 bits per heavy atom. The predicted octanol–water partition coefficient (Wildman–Crippen LogP) is 2.92. The number of aromatic nitrogens is 4. The summed E-state index contributed by atoms with van der Waals surface area (Å²) in [6.45, 7) is 5.03. The zero-order chi connectivity index (χ0) is 18.6. The molecule has 6 nitrogen and oxygen atoms in total. The number of nitrogens with zero attached hydrogens (tertiary/aromatic N) is 5. The fraction of sp³-hybridized carbons (Fsp3) is 0.429. The third kappa shape index (κ3) is 3.82. The molecule has 3 heterocycles. The molecule has 1 fully saturated rings. The summed E-state index contributed by atoms with van der Waals surface area (Å²) >= 11 is 0. The maximum atomic E-state index is 5.22. The van der Waals surface area contributed by atoms with Crippen molar-refractivity contribution in [2.75, 3.05) is 33.4 Å². The highest BCUT2D eigenvalue weighted by atomic mass is 16.5. The first kappa shape index (κ1) is 17.9. The van der Waals surface area contributed by atoms with Gasteiger partial charge in [0.1, 0.15) is 5.69 Å². The van der Waals surface area contributed by atoms with Crippen LogP contribution in [-0.4, -0.2) is 57.4 Å². The summed E-state index contributed by atoms with van der Waals surface area (Å²) < 4.78 is 9.58. The highest BCUT2D eigenvalue weighted by Crippen LogP contribution is 2.31. The van der Waals surface area contributed by atoms with Gasteiger partial charge in [-0.2, -0.15) is 0 Å². The van der Waals surface area contributed by atoms with Gasteiger partial charge in [0.2, 0.25) is 0 Å². The molecule has 1 unspecified atom stereocenters. The number of hydrogen-bond donors (Lipinski definition) is 0. The molecule has 3 aromatic rings. The highest BCUT2D eigenvalue weighted by molar-refractivity contribution is 5.75. The average molecular weight is 365 g/mol. The Kier molecular flexibility index (Phi) is 5.36. The zero-order valence-corrected chi connectivity index (χ0v) is 16.1. The Morgan fingerprint density at radius 2 is 2.04 bits per heavy atom. The maximum Gasteiger partial charge on any atom is 0.158 e. The van der Waals surface area contributed by atoms with Gasteiger partial charge in [0.05, 0.1) is 18.6 Å². The molecule has 1 saturated heterocycles. The van der Waals surface area contributed by atoms with Crippen LogP contribution < -0.4 is 0 Å². The molecule has 1 aliphatic rings. The molecule has 0 N–H and O–H groups in total. The molecule has 1 aromatic carbocycles. The Hall–Kier alpha value is -2.44. The van der Waals surface area contributed by atoms with Crippen LogP contribution >= 0.6 is 0 Å². The Labute approximate surface area is 160 Å². The summed E-state index contributed by atoms with van der Waals surface area (Å²) in [6, 6.07) is 10.4. The van der Waals surface area contributed by atoms with Gasteiger partial charge in [-0.3, -0.25) is 0 Å². The van der Waals surface area contributed by atoms with E-state index in [1.165, 1.54) is 6.42 Å². The number of rotatable bonds is 7. The van der Waals surface area contributed by atoms with E-state index in [0.29, 0.717) is 5.92 Å². The Morgan fingerprint density at radius 1 is 1.19 bits per heavy atom. The van der Waals surface area contributed by atoms with Gasteiger partial charge in [0.15, 0.2) is 5.82 Å². The van der Waals surface area contributed by atoms with Crippen molar-refractivity contribution < 1.29 is 4.74 Å². The van der Waals surface area contributed by atoms with Crippen molar-refractivity contribution in [1.82, 2.24) is 24.0 Å². The first-order chi connectivity index (χ1) is 13.3. The first-order valence-corrected chi connectivity index (χ1v) is 9.56. The minimum Gasteiger partial charge on any atom is -0.383 e. The lowest BCUT2D eigenvalue weighted by Crippen LogP contribution is -2.25. The van der Waals surface area contributed by atoms with E-state index in [-0.39, 0.29) is 0 Å². The summed E-state index contributed by atoms with van der Waals surface area (Å²) in [5.41, 5.74) is 3.23.